The molecule has 0 unspecified atom stereocenters. The maximum atomic E-state index is 12.5. The van der Waals surface area contributed by atoms with Crippen LogP contribution in [0.3, 0.4) is 0 Å². The van der Waals surface area contributed by atoms with Crippen LogP contribution in [0, 0.1) is 0 Å². The van der Waals surface area contributed by atoms with Crippen LogP contribution >= 0.6 is 0 Å². The van der Waals surface area contributed by atoms with Gasteiger partial charge in [-0.2, -0.15) is 0 Å². The Labute approximate surface area is 205 Å². The second kappa shape index (κ2) is 10.9. The number of nitrogens with one attached hydrogen (secondary N) is 2. The van der Waals surface area contributed by atoms with Crippen LogP contribution in [0.2, 0.25) is 0 Å². The second-order valence-electron chi connectivity index (χ2n) is 9.27. The smallest absolute Gasteiger partial charge is 0.407 e. The fourth-order valence-electron chi connectivity index (χ4n) is 5.18. The van der Waals surface area contributed by atoms with Gasteiger partial charge < -0.3 is 25.8 Å². The number of carbonyl (C=O) groups is 3. The molecule has 4 N–H and O–H groups in total. The van der Waals surface area contributed by atoms with Crippen molar-refractivity contribution >= 4 is 18.0 Å². The van der Waals surface area contributed by atoms with Crippen molar-refractivity contribution in [3.63, 3.8) is 0 Å². The molecule has 0 heterocycles. The number of amides is 2. The van der Waals surface area contributed by atoms with E-state index in [0.717, 1.165) is 24.0 Å². The Bertz CT molecular complexity index is 1030. The van der Waals surface area contributed by atoms with E-state index in [2.05, 4.69) is 34.9 Å². The van der Waals surface area contributed by atoms with E-state index >= 15 is 0 Å². The summed E-state index contributed by atoms with van der Waals surface area (Å²) in [5, 5.41) is 5.54. The lowest BCUT2D eigenvalue weighted by Gasteiger charge is -2.28. The molecule has 2 amide bonds. The van der Waals surface area contributed by atoms with Crippen LogP contribution in [0.4, 0.5) is 4.79 Å². The number of benzene rings is 2. The van der Waals surface area contributed by atoms with E-state index in [4.69, 9.17) is 15.2 Å². The van der Waals surface area contributed by atoms with E-state index in [0.29, 0.717) is 32.2 Å². The number of alkyl carbamates (subject to hydrolysis) is 1. The third-order valence-electron chi connectivity index (χ3n) is 7.04. The number of carbonyl (C=O) groups excluding carboxylic acids is 3. The van der Waals surface area contributed by atoms with Crippen LogP contribution in [-0.2, 0) is 19.1 Å². The Hall–Kier alpha value is -3.39. The molecular weight excluding hydrogens is 446 g/mol. The SMILES string of the molecule is COC(=O)C1(NC(=O)[C@@H](N)CCCNC(=O)OCC2c3ccccc3-c3ccccc32)CCCC1. The Morgan fingerprint density at radius 1 is 1.03 bits per heavy atom. The van der Waals surface area contributed by atoms with Gasteiger partial charge in [0.2, 0.25) is 5.91 Å². The Morgan fingerprint density at radius 3 is 2.23 bits per heavy atom. The number of fused-ring (bicyclic) bond motifs is 3. The van der Waals surface area contributed by atoms with Gasteiger partial charge in [0.05, 0.1) is 13.2 Å². The molecule has 4 rings (SSSR count). The summed E-state index contributed by atoms with van der Waals surface area (Å²) in [6, 6.07) is 15.6. The standard InChI is InChI=1S/C27H33N3O5/c1-34-25(32)27(14-6-7-15-27)30-24(31)23(28)13-8-16-29-26(33)35-17-22-20-11-4-2-9-18(20)19-10-3-5-12-21(19)22/h2-5,9-12,22-23H,6-8,13-17,28H2,1H3,(H,29,33)(H,30,31)/t23-/m0/s1. The first-order valence-electron chi connectivity index (χ1n) is 12.2. The average Bonchev–Trinajstić information content (AvgIpc) is 3.48. The van der Waals surface area contributed by atoms with Gasteiger partial charge in [-0.25, -0.2) is 9.59 Å². The second-order valence-corrected chi connectivity index (χ2v) is 9.27. The lowest BCUT2D eigenvalue weighted by atomic mass is 9.96. The summed E-state index contributed by atoms with van der Waals surface area (Å²) >= 11 is 0. The molecular formula is C27H33N3O5. The first kappa shape index (κ1) is 24.7. The molecule has 8 heteroatoms. The van der Waals surface area contributed by atoms with Crippen molar-refractivity contribution in [3.05, 3.63) is 59.7 Å². The van der Waals surface area contributed by atoms with E-state index in [-0.39, 0.29) is 18.4 Å². The number of esters is 1. The number of ether oxygens (including phenoxy) is 2. The summed E-state index contributed by atoms with van der Waals surface area (Å²) < 4.78 is 10.4. The highest BCUT2D eigenvalue weighted by Gasteiger charge is 2.44. The van der Waals surface area contributed by atoms with Gasteiger partial charge in [0.1, 0.15) is 12.1 Å². The van der Waals surface area contributed by atoms with Crippen LogP contribution in [0.25, 0.3) is 11.1 Å². The summed E-state index contributed by atoms with van der Waals surface area (Å²) in [6.45, 7) is 0.581. The minimum absolute atomic E-state index is 0.00277. The Kier molecular flexibility index (Phi) is 7.70. The van der Waals surface area contributed by atoms with Gasteiger partial charge >= 0.3 is 12.1 Å². The normalized spacial score (nSPS) is 16.6. The first-order chi connectivity index (χ1) is 16.9. The van der Waals surface area contributed by atoms with E-state index in [9.17, 15) is 14.4 Å². The summed E-state index contributed by atoms with van der Waals surface area (Å²) in [5.41, 5.74) is 9.74. The molecule has 0 spiro atoms. The lowest BCUT2D eigenvalue weighted by molar-refractivity contribution is -0.151. The first-order valence-corrected chi connectivity index (χ1v) is 12.2. The van der Waals surface area contributed by atoms with Crippen LogP contribution in [0.5, 0.6) is 0 Å². The van der Waals surface area contributed by atoms with E-state index < -0.39 is 23.6 Å². The van der Waals surface area contributed by atoms with Crippen LogP contribution in [0.1, 0.15) is 55.6 Å². The van der Waals surface area contributed by atoms with E-state index in [1.54, 1.807) is 0 Å². The molecule has 1 saturated carbocycles. The number of hydrogen-bond donors (Lipinski definition) is 3. The third-order valence-corrected chi connectivity index (χ3v) is 7.04. The van der Waals surface area contributed by atoms with Gasteiger partial charge in [0.15, 0.2) is 0 Å². The fourth-order valence-corrected chi connectivity index (χ4v) is 5.18. The Morgan fingerprint density at radius 2 is 1.63 bits per heavy atom. The highest BCUT2D eigenvalue weighted by Crippen LogP contribution is 2.44. The molecule has 2 aliphatic rings. The molecule has 8 nitrogen and oxygen atoms in total. The lowest BCUT2D eigenvalue weighted by Crippen LogP contribution is -2.57. The highest BCUT2D eigenvalue weighted by molar-refractivity contribution is 5.90. The molecule has 35 heavy (non-hydrogen) atoms. The van der Waals surface area contributed by atoms with Crippen LogP contribution < -0.4 is 16.4 Å². The predicted molar refractivity (Wildman–Crippen MR) is 132 cm³/mol. The molecule has 0 bridgehead atoms. The fraction of sp³-hybridized carbons (Fsp3) is 0.444. The van der Waals surface area contributed by atoms with Crippen molar-refractivity contribution in [2.75, 3.05) is 20.3 Å². The molecule has 2 aromatic carbocycles. The van der Waals surface area contributed by atoms with Crippen molar-refractivity contribution < 1.29 is 23.9 Å². The molecule has 0 saturated heterocycles. The zero-order valence-electron chi connectivity index (χ0n) is 20.0. The van der Waals surface area contributed by atoms with Gasteiger partial charge in [0, 0.05) is 12.5 Å². The molecule has 2 aliphatic carbocycles. The number of hydrogen-bond acceptors (Lipinski definition) is 6. The topological polar surface area (TPSA) is 120 Å². The van der Waals surface area contributed by atoms with Gasteiger partial charge in [-0.3, -0.25) is 4.79 Å². The maximum absolute atomic E-state index is 12.5. The van der Waals surface area contributed by atoms with Crippen molar-refractivity contribution in [1.29, 1.82) is 0 Å². The van der Waals surface area contributed by atoms with E-state index in [1.165, 1.54) is 18.2 Å². The van der Waals surface area contributed by atoms with Crippen LogP contribution in [0.15, 0.2) is 48.5 Å². The summed E-state index contributed by atoms with van der Waals surface area (Å²) in [4.78, 5) is 37.0. The molecule has 1 fully saturated rings. The summed E-state index contributed by atoms with van der Waals surface area (Å²) in [7, 11) is 1.32. The molecule has 186 valence electrons. The zero-order valence-corrected chi connectivity index (χ0v) is 20.0. The third kappa shape index (κ3) is 5.32. The summed E-state index contributed by atoms with van der Waals surface area (Å²) in [6.07, 6.45) is 3.20. The van der Waals surface area contributed by atoms with Gasteiger partial charge in [-0.05, 0) is 47.9 Å². The quantitative estimate of drug-likeness (QED) is 0.375. The monoisotopic (exact) mass is 479 g/mol. The maximum Gasteiger partial charge on any atom is 0.407 e. The zero-order chi connectivity index (χ0) is 24.8. The molecule has 2 aromatic rings. The van der Waals surface area contributed by atoms with Crippen molar-refractivity contribution in [1.82, 2.24) is 10.6 Å². The van der Waals surface area contributed by atoms with Gasteiger partial charge in [-0.1, -0.05) is 61.4 Å². The van der Waals surface area contributed by atoms with Crippen molar-refractivity contribution in [3.8, 4) is 11.1 Å². The van der Waals surface area contributed by atoms with Crippen molar-refractivity contribution in [2.45, 2.75) is 56.0 Å². The molecule has 0 radical (unpaired) electrons. The predicted octanol–water partition coefficient (Wildman–Crippen LogP) is 3.23. The average molecular weight is 480 g/mol. The minimum atomic E-state index is -0.969. The van der Waals surface area contributed by atoms with Crippen molar-refractivity contribution in [2.24, 2.45) is 5.73 Å². The number of nitrogens with two attached hydrogens (primary N) is 1. The summed E-state index contributed by atoms with van der Waals surface area (Å²) in [5.74, 6) is -0.797. The largest absolute Gasteiger partial charge is 0.467 e. The number of rotatable bonds is 9. The minimum Gasteiger partial charge on any atom is -0.467 e. The van der Waals surface area contributed by atoms with E-state index in [1.807, 2.05) is 24.3 Å². The highest BCUT2D eigenvalue weighted by atomic mass is 16.5. The van der Waals surface area contributed by atoms with Gasteiger partial charge in [0.25, 0.3) is 0 Å². The number of methoxy groups -OCH3 is 1. The van der Waals surface area contributed by atoms with Crippen LogP contribution in [-0.4, -0.2) is 49.8 Å². The molecule has 0 aromatic heterocycles. The molecule has 1 atom stereocenters. The van der Waals surface area contributed by atoms with Gasteiger partial charge in [-0.15, -0.1) is 0 Å². The Balaban J connectivity index is 1.20. The molecule has 0 aliphatic heterocycles.